The highest BCUT2D eigenvalue weighted by atomic mass is 16.5. The first kappa shape index (κ1) is 9.45. The molecule has 4 nitrogen and oxygen atoms in total. The van der Waals surface area contributed by atoms with E-state index >= 15 is 0 Å². The number of hydrogen-bond acceptors (Lipinski definition) is 3. The third-order valence-electron chi connectivity index (χ3n) is 1.97. The fourth-order valence-electron chi connectivity index (χ4n) is 1.17. The molecule has 0 N–H and O–H groups in total. The van der Waals surface area contributed by atoms with Gasteiger partial charge in [-0.3, -0.25) is 0 Å². The summed E-state index contributed by atoms with van der Waals surface area (Å²) in [6, 6.07) is 9.11. The van der Waals surface area contributed by atoms with Gasteiger partial charge in [-0.25, -0.2) is 9.78 Å². The number of imidazole rings is 1. The van der Waals surface area contributed by atoms with Gasteiger partial charge in [-0.15, -0.1) is 0 Å². The second kappa shape index (κ2) is 3.96. The average Bonchev–Trinajstić information content (AvgIpc) is 2.66. The van der Waals surface area contributed by atoms with Gasteiger partial charge in [-0.2, -0.15) is 0 Å². The van der Waals surface area contributed by atoms with Crippen LogP contribution in [0.15, 0.2) is 42.7 Å². The molecular weight excluding hydrogens is 192 g/mol. The lowest BCUT2D eigenvalue weighted by Crippen LogP contribution is -2.10. The highest BCUT2D eigenvalue weighted by molar-refractivity contribution is 5.90. The van der Waals surface area contributed by atoms with E-state index in [2.05, 4.69) is 4.98 Å². The number of benzene rings is 1. The Labute approximate surface area is 87.1 Å². The van der Waals surface area contributed by atoms with Crippen molar-refractivity contribution in [3.05, 3.63) is 48.3 Å². The molecular formula is C11H10N2O2. The van der Waals surface area contributed by atoms with Gasteiger partial charge in [0, 0.05) is 19.4 Å². The van der Waals surface area contributed by atoms with E-state index in [0.717, 1.165) is 0 Å². The Morgan fingerprint density at radius 2 is 2.07 bits per heavy atom. The van der Waals surface area contributed by atoms with Crippen molar-refractivity contribution in [1.29, 1.82) is 0 Å². The summed E-state index contributed by atoms with van der Waals surface area (Å²) in [5, 5.41) is 0. The van der Waals surface area contributed by atoms with Crippen LogP contribution in [0.3, 0.4) is 0 Å². The fourth-order valence-corrected chi connectivity index (χ4v) is 1.17. The number of ether oxygens (including phenoxy) is 1. The van der Waals surface area contributed by atoms with Crippen LogP contribution in [0.4, 0.5) is 0 Å². The molecule has 0 radical (unpaired) electrons. The number of carbonyl (C=O) groups excluding carboxylic acids is 1. The molecule has 0 bridgehead atoms. The Morgan fingerprint density at radius 3 is 2.67 bits per heavy atom. The van der Waals surface area contributed by atoms with E-state index in [1.165, 1.54) is 0 Å². The van der Waals surface area contributed by atoms with Crippen LogP contribution in [0, 0.1) is 0 Å². The van der Waals surface area contributed by atoms with Gasteiger partial charge in [-0.05, 0) is 12.1 Å². The summed E-state index contributed by atoms with van der Waals surface area (Å²) in [6.45, 7) is 0. The number of nitrogens with zero attached hydrogens (tertiary/aromatic N) is 2. The summed E-state index contributed by atoms with van der Waals surface area (Å²) >= 11 is 0. The van der Waals surface area contributed by atoms with Gasteiger partial charge in [0.2, 0.25) is 0 Å². The molecule has 0 fully saturated rings. The number of aromatic nitrogens is 2. The van der Waals surface area contributed by atoms with E-state index in [1.54, 1.807) is 48.3 Å². The fraction of sp³-hybridized carbons (Fsp3) is 0.0909. The molecule has 1 heterocycles. The van der Waals surface area contributed by atoms with Crippen LogP contribution >= 0.6 is 0 Å². The first-order chi connectivity index (χ1) is 7.27. The lowest BCUT2D eigenvalue weighted by Gasteiger charge is -2.02. The molecule has 0 aliphatic heterocycles. The lowest BCUT2D eigenvalue weighted by molar-refractivity contribution is 0.0714. The lowest BCUT2D eigenvalue weighted by atomic mass is 10.2. The molecule has 0 atom stereocenters. The zero-order chi connectivity index (χ0) is 10.7. The van der Waals surface area contributed by atoms with Crippen molar-refractivity contribution >= 4 is 5.97 Å². The molecule has 0 saturated carbocycles. The topological polar surface area (TPSA) is 44.1 Å². The van der Waals surface area contributed by atoms with Gasteiger partial charge in [0.1, 0.15) is 0 Å². The van der Waals surface area contributed by atoms with Crippen LogP contribution < -0.4 is 4.74 Å². The summed E-state index contributed by atoms with van der Waals surface area (Å²) in [6.07, 6.45) is 3.29. The van der Waals surface area contributed by atoms with Crippen LogP contribution in [-0.4, -0.2) is 15.5 Å². The smallest absolute Gasteiger partial charge is 0.345 e. The van der Waals surface area contributed by atoms with Crippen molar-refractivity contribution in [3.8, 4) is 6.01 Å². The Hall–Kier alpha value is -2.10. The quantitative estimate of drug-likeness (QED) is 0.695. The van der Waals surface area contributed by atoms with Crippen molar-refractivity contribution in [2.45, 2.75) is 0 Å². The van der Waals surface area contributed by atoms with Gasteiger partial charge in [-0.1, -0.05) is 18.2 Å². The molecule has 0 aliphatic carbocycles. The molecule has 0 aliphatic rings. The molecule has 15 heavy (non-hydrogen) atoms. The summed E-state index contributed by atoms with van der Waals surface area (Å²) in [5.74, 6) is -0.398. The monoisotopic (exact) mass is 202 g/mol. The first-order valence-corrected chi connectivity index (χ1v) is 4.52. The van der Waals surface area contributed by atoms with Crippen LogP contribution in [-0.2, 0) is 7.05 Å². The Kier molecular flexibility index (Phi) is 2.49. The van der Waals surface area contributed by atoms with E-state index in [9.17, 15) is 4.79 Å². The van der Waals surface area contributed by atoms with E-state index in [1.807, 2.05) is 6.07 Å². The number of hydrogen-bond donors (Lipinski definition) is 0. The summed E-state index contributed by atoms with van der Waals surface area (Å²) in [4.78, 5) is 15.5. The summed E-state index contributed by atoms with van der Waals surface area (Å²) < 4.78 is 6.72. The number of rotatable bonds is 2. The molecule has 2 rings (SSSR count). The minimum absolute atomic E-state index is 0.295. The SMILES string of the molecule is Cn1ccnc1OC(=O)c1ccccc1. The van der Waals surface area contributed by atoms with Crippen molar-refractivity contribution < 1.29 is 9.53 Å². The maximum atomic E-state index is 11.6. The van der Waals surface area contributed by atoms with Gasteiger partial charge in [0.15, 0.2) is 0 Å². The average molecular weight is 202 g/mol. The number of aryl methyl sites for hydroxylation is 1. The largest absolute Gasteiger partial charge is 0.388 e. The standard InChI is InChI=1S/C11H10N2O2/c1-13-8-7-12-11(13)15-10(14)9-5-3-2-4-6-9/h2-8H,1H3. The highest BCUT2D eigenvalue weighted by Gasteiger charge is 2.10. The second-order valence-electron chi connectivity index (χ2n) is 3.08. The number of carbonyl (C=O) groups is 1. The maximum Gasteiger partial charge on any atom is 0.345 e. The third kappa shape index (κ3) is 2.04. The molecule has 1 aromatic heterocycles. The third-order valence-corrected chi connectivity index (χ3v) is 1.97. The summed E-state index contributed by atoms with van der Waals surface area (Å²) in [5.41, 5.74) is 0.514. The minimum atomic E-state index is -0.398. The Balaban J connectivity index is 2.15. The van der Waals surface area contributed by atoms with Crippen LogP contribution in [0.2, 0.25) is 0 Å². The van der Waals surface area contributed by atoms with E-state index in [-0.39, 0.29) is 0 Å². The minimum Gasteiger partial charge on any atom is -0.388 e. The molecule has 4 heteroatoms. The van der Waals surface area contributed by atoms with Crippen molar-refractivity contribution in [2.75, 3.05) is 0 Å². The Morgan fingerprint density at radius 1 is 1.33 bits per heavy atom. The highest BCUT2D eigenvalue weighted by Crippen LogP contribution is 2.08. The molecule has 0 unspecified atom stereocenters. The molecule has 0 amide bonds. The van der Waals surface area contributed by atoms with Gasteiger partial charge in [0.05, 0.1) is 5.56 Å². The molecule has 2 aromatic rings. The van der Waals surface area contributed by atoms with Crippen LogP contribution in [0.25, 0.3) is 0 Å². The van der Waals surface area contributed by atoms with Gasteiger partial charge >= 0.3 is 12.0 Å². The van der Waals surface area contributed by atoms with E-state index in [4.69, 9.17) is 4.74 Å². The number of esters is 1. The van der Waals surface area contributed by atoms with Gasteiger partial charge < -0.3 is 9.30 Å². The van der Waals surface area contributed by atoms with E-state index < -0.39 is 5.97 Å². The molecule has 0 saturated heterocycles. The van der Waals surface area contributed by atoms with E-state index in [0.29, 0.717) is 11.6 Å². The van der Waals surface area contributed by atoms with Crippen LogP contribution in [0.1, 0.15) is 10.4 Å². The summed E-state index contributed by atoms with van der Waals surface area (Å²) in [7, 11) is 1.76. The zero-order valence-electron chi connectivity index (χ0n) is 8.25. The van der Waals surface area contributed by atoms with Crippen molar-refractivity contribution in [1.82, 2.24) is 9.55 Å². The van der Waals surface area contributed by atoms with Crippen molar-refractivity contribution in [3.63, 3.8) is 0 Å². The van der Waals surface area contributed by atoms with Crippen LogP contribution in [0.5, 0.6) is 6.01 Å². The Bertz CT molecular complexity index is 462. The molecule has 0 spiro atoms. The molecule has 1 aromatic carbocycles. The normalized spacial score (nSPS) is 9.93. The van der Waals surface area contributed by atoms with Crippen molar-refractivity contribution in [2.24, 2.45) is 7.05 Å². The zero-order valence-corrected chi connectivity index (χ0v) is 8.25. The second-order valence-corrected chi connectivity index (χ2v) is 3.08. The first-order valence-electron chi connectivity index (χ1n) is 4.52. The van der Waals surface area contributed by atoms with Gasteiger partial charge in [0.25, 0.3) is 0 Å². The molecule has 76 valence electrons. The predicted octanol–water partition coefficient (Wildman–Crippen LogP) is 1.64. The predicted molar refractivity (Wildman–Crippen MR) is 54.6 cm³/mol. The maximum absolute atomic E-state index is 11.6.